The third-order valence-corrected chi connectivity index (χ3v) is 3.51. The first-order valence-electron chi connectivity index (χ1n) is 6.52. The Morgan fingerprint density at radius 1 is 1.00 bits per heavy atom. The monoisotopic (exact) mass is 335 g/mol. The lowest BCUT2D eigenvalue weighted by Gasteiger charge is -2.12. The van der Waals surface area contributed by atoms with Gasteiger partial charge in [0, 0.05) is 10.5 Å². The van der Waals surface area contributed by atoms with Gasteiger partial charge in [0.1, 0.15) is 24.7 Å². The van der Waals surface area contributed by atoms with Gasteiger partial charge in [-0.25, -0.2) is 0 Å². The zero-order chi connectivity index (χ0) is 14.4. The van der Waals surface area contributed by atoms with Crippen molar-refractivity contribution in [2.45, 2.75) is 13.0 Å². The quantitative estimate of drug-likeness (QED) is 0.813. The SMILES string of the molecule is C[C@H](N)c1ccc(OCCOc2ccccc2)cc1Br. The van der Waals surface area contributed by atoms with Crippen LogP contribution in [-0.4, -0.2) is 13.2 Å². The molecule has 0 bridgehead atoms. The van der Waals surface area contributed by atoms with Crippen molar-refractivity contribution in [1.82, 2.24) is 0 Å². The Balaban J connectivity index is 1.81. The van der Waals surface area contributed by atoms with E-state index in [0.29, 0.717) is 13.2 Å². The number of halogens is 1. The molecule has 0 radical (unpaired) electrons. The molecule has 2 N–H and O–H groups in total. The molecule has 106 valence electrons. The number of hydrogen-bond acceptors (Lipinski definition) is 3. The van der Waals surface area contributed by atoms with Crippen molar-refractivity contribution in [2.24, 2.45) is 5.73 Å². The van der Waals surface area contributed by atoms with Crippen LogP contribution in [0.15, 0.2) is 53.0 Å². The van der Waals surface area contributed by atoms with E-state index in [9.17, 15) is 0 Å². The van der Waals surface area contributed by atoms with Gasteiger partial charge >= 0.3 is 0 Å². The van der Waals surface area contributed by atoms with Crippen LogP contribution >= 0.6 is 15.9 Å². The molecule has 0 fully saturated rings. The Morgan fingerprint density at radius 2 is 1.65 bits per heavy atom. The molecule has 20 heavy (non-hydrogen) atoms. The molecule has 0 amide bonds. The summed E-state index contributed by atoms with van der Waals surface area (Å²) >= 11 is 3.50. The second kappa shape index (κ2) is 7.31. The van der Waals surface area contributed by atoms with E-state index < -0.39 is 0 Å². The van der Waals surface area contributed by atoms with Crippen molar-refractivity contribution in [3.05, 3.63) is 58.6 Å². The molecule has 2 rings (SSSR count). The van der Waals surface area contributed by atoms with Gasteiger partial charge in [-0.1, -0.05) is 40.2 Å². The molecule has 2 aromatic rings. The fourth-order valence-corrected chi connectivity index (χ4v) is 2.52. The van der Waals surface area contributed by atoms with Crippen molar-refractivity contribution in [3.63, 3.8) is 0 Å². The highest BCUT2D eigenvalue weighted by molar-refractivity contribution is 9.10. The van der Waals surface area contributed by atoms with Crippen LogP contribution < -0.4 is 15.2 Å². The normalized spacial score (nSPS) is 11.9. The molecule has 0 saturated heterocycles. The minimum Gasteiger partial charge on any atom is -0.490 e. The van der Waals surface area contributed by atoms with Crippen LogP contribution in [0.1, 0.15) is 18.5 Å². The fraction of sp³-hybridized carbons (Fsp3) is 0.250. The average Bonchev–Trinajstić information content (AvgIpc) is 2.44. The minimum absolute atomic E-state index is 0.000149. The van der Waals surface area contributed by atoms with Gasteiger partial charge in [0.05, 0.1) is 0 Å². The molecule has 0 spiro atoms. The van der Waals surface area contributed by atoms with Crippen LogP contribution in [-0.2, 0) is 0 Å². The maximum atomic E-state index is 5.86. The van der Waals surface area contributed by atoms with E-state index in [2.05, 4.69) is 15.9 Å². The van der Waals surface area contributed by atoms with E-state index in [0.717, 1.165) is 21.5 Å². The number of nitrogens with two attached hydrogens (primary N) is 1. The highest BCUT2D eigenvalue weighted by Gasteiger charge is 2.06. The third kappa shape index (κ3) is 4.25. The molecule has 0 aliphatic heterocycles. The summed E-state index contributed by atoms with van der Waals surface area (Å²) in [6.07, 6.45) is 0. The second-order valence-electron chi connectivity index (χ2n) is 4.48. The van der Waals surface area contributed by atoms with Gasteiger partial charge in [0.15, 0.2) is 0 Å². The highest BCUT2D eigenvalue weighted by Crippen LogP contribution is 2.26. The molecule has 0 saturated carbocycles. The molecule has 0 aliphatic rings. The van der Waals surface area contributed by atoms with Crippen molar-refractivity contribution >= 4 is 15.9 Å². The summed E-state index contributed by atoms with van der Waals surface area (Å²) in [6.45, 7) is 2.96. The molecule has 2 aromatic carbocycles. The topological polar surface area (TPSA) is 44.5 Å². The lowest BCUT2D eigenvalue weighted by atomic mass is 10.1. The lowest BCUT2D eigenvalue weighted by Crippen LogP contribution is -2.09. The maximum Gasteiger partial charge on any atom is 0.122 e. The van der Waals surface area contributed by atoms with Crippen molar-refractivity contribution in [1.29, 1.82) is 0 Å². The van der Waals surface area contributed by atoms with Gasteiger partial charge in [0.25, 0.3) is 0 Å². The number of hydrogen-bond donors (Lipinski definition) is 1. The summed E-state index contributed by atoms with van der Waals surface area (Å²) in [4.78, 5) is 0. The third-order valence-electron chi connectivity index (χ3n) is 2.83. The standard InChI is InChI=1S/C16H18BrNO2/c1-12(18)15-8-7-14(11-16(15)17)20-10-9-19-13-5-3-2-4-6-13/h2-8,11-12H,9-10,18H2,1H3/t12-/m0/s1. The Kier molecular flexibility index (Phi) is 5.44. The van der Waals surface area contributed by atoms with E-state index in [1.165, 1.54) is 0 Å². The second-order valence-corrected chi connectivity index (χ2v) is 5.34. The molecule has 1 atom stereocenters. The first kappa shape index (κ1) is 14.9. The molecule has 4 heteroatoms. The zero-order valence-electron chi connectivity index (χ0n) is 11.4. The van der Waals surface area contributed by atoms with Crippen LogP contribution in [0.2, 0.25) is 0 Å². The van der Waals surface area contributed by atoms with Gasteiger partial charge in [0.2, 0.25) is 0 Å². The summed E-state index contributed by atoms with van der Waals surface area (Å²) in [7, 11) is 0. The first-order chi connectivity index (χ1) is 9.66. The zero-order valence-corrected chi connectivity index (χ0v) is 13.0. The molecule has 0 aliphatic carbocycles. The predicted molar refractivity (Wildman–Crippen MR) is 84.2 cm³/mol. The van der Waals surface area contributed by atoms with E-state index in [-0.39, 0.29) is 6.04 Å². The van der Waals surface area contributed by atoms with Crippen LogP contribution in [0.5, 0.6) is 11.5 Å². The van der Waals surface area contributed by atoms with Crippen LogP contribution in [0.3, 0.4) is 0 Å². The Hall–Kier alpha value is -1.52. The van der Waals surface area contributed by atoms with Crippen molar-refractivity contribution in [2.75, 3.05) is 13.2 Å². The van der Waals surface area contributed by atoms with Gasteiger partial charge < -0.3 is 15.2 Å². The molecule has 0 heterocycles. The number of benzene rings is 2. The molecule has 3 nitrogen and oxygen atoms in total. The summed E-state index contributed by atoms with van der Waals surface area (Å²) < 4.78 is 12.2. The largest absolute Gasteiger partial charge is 0.490 e. The first-order valence-corrected chi connectivity index (χ1v) is 7.32. The minimum atomic E-state index is -0.000149. The van der Waals surface area contributed by atoms with E-state index in [1.807, 2.05) is 55.5 Å². The summed E-state index contributed by atoms with van der Waals surface area (Å²) in [5.41, 5.74) is 6.93. The van der Waals surface area contributed by atoms with Gasteiger partial charge in [-0.3, -0.25) is 0 Å². The number of rotatable bonds is 6. The van der Waals surface area contributed by atoms with Gasteiger partial charge in [-0.15, -0.1) is 0 Å². The molecular weight excluding hydrogens is 318 g/mol. The Labute approximate surface area is 127 Å². The van der Waals surface area contributed by atoms with Crippen LogP contribution in [0.4, 0.5) is 0 Å². The fourth-order valence-electron chi connectivity index (χ4n) is 1.80. The van der Waals surface area contributed by atoms with Crippen LogP contribution in [0.25, 0.3) is 0 Å². The highest BCUT2D eigenvalue weighted by atomic mass is 79.9. The lowest BCUT2D eigenvalue weighted by molar-refractivity contribution is 0.217. The Morgan fingerprint density at radius 3 is 2.25 bits per heavy atom. The predicted octanol–water partition coefficient (Wildman–Crippen LogP) is 3.93. The maximum absolute atomic E-state index is 5.86. The van der Waals surface area contributed by atoms with Gasteiger partial charge in [-0.2, -0.15) is 0 Å². The van der Waals surface area contributed by atoms with Crippen molar-refractivity contribution < 1.29 is 9.47 Å². The van der Waals surface area contributed by atoms with E-state index in [4.69, 9.17) is 15.2 Å². The molecule has 0 unspecified atom stereocenters. The number of para-hydroxylation sites is 1. The molecular formula is C16H18BrNO2. The summed E-state index contributed by atoms with van der Waals surface area (Å²) in [6, 6.07) is 15.5. The van der Waals surface area contributed by atoms with E-state index >= 15 is 0 Å². The van der Waals surface area contributed by atoms with Gasteiger partial charge in [-0.05, 0) is 36.8 Å². The van der Waals surface area contributed by atoms with Crippen molar-refractivity contribution in [3.8, 4) is 11.5 Å². The summed E-state index contributed by atoms with van der Waals surface area (Å²) in [5, 5.41) is 0. The average molecular weight is 336 g/mol. The number of ether oxygens (including phenoxy) is 2. The summed E-state index contributed by atoms with van der Waals surface area (Å²) in [5.74, 6) is 1.66. The van der Waals surface area contributed by atoms with Crippen LogP contribution in [0, 0.1) is 0 Å². The Bertz CT molecular complexity index is 543. The molecule has 0 aromatic heterocycles. The van der Waals surface area contributed by atoms with E-state index in [1.54, 1.807) is 0 Å². The smallest absolute Gasteiger partial charge is 0.122 e.